The first-order valence-electron chi connectivity index (χ1n) is 8.26. The van der Waals surface area contributed by atoms with E-state index in [1.54, 1.807) is 0 Å². The lowest BCUT2D eigenvalue weighted by atomic mass is 9.82. The molecule has 2 saturated carbocycles. The molecule has 0 spiro atoms. The van der Waals surface area contributed by atoms with Crippen LogP contribution in [0.15, 0.2) is 0 Å². The van der Waals surface area contributed by atoms with Crippen molar-refractivity contribution in [3.63, 3.8) is 0 Å². The number of halogens is 4. The van der Waals surface area contributed by atoms with Crippen LogP contribution in [0.5, 0.6) is 0 Å². The molecule has 138 valence electrons. The van der Waals surface area contributed by atoms with Crippen LogP contribution in [-0.4, -0.2) is 45.7 Å². The largest absolute Gasteiger partial charge is 0.396 e. The SMILES string of the molecule is BS(=O)(=O)C(F)(F)C(F)(F)C1CC2CC1CC2OC1CCCCO1. The minimum absolute atomic E-state index is 0.139. The molecule has 1 heterocycles. The minimum atomic E-state index is -5.19. The molecular weight excluding hydrogens is 351 g/mol. The van der Waals surface area contributed by atoms with Gasteiger partial charge in [-0.2, -0.15) is 17.6 Å². The van der Waals surface area contributed by atoms with Crippen LogP contribution in [0, 0.1) is 17.8 Å². The Morgan fingerprint density at radius 3 is 2.25 bits per heavy atom. The number of hydrogen-bond donors (Lipinski definition) is 0. The first kappa shape index (κ1) is 18.4. The van der Waals surface area contributed by atoms with Gasteiger partial charge in [-0.05, 0) is 50.4 Å². The Balaban J connectivity index is 1.66. The van der Waals surface area contributed by atoms with Crippen LogP contribution in [0.1, 0.15) is 38.5 Å². The van der Waals surface area contributed by atoms with Crippen molar-refractivity contribution >= 4 is 16.8 Å². The van der Waals surface area contributed by atoms with Gasteiger partial charge < -0.3 is 9.47 Å². The smallest absolute Gasteiger partial charge is 0.353 e. The molecule has 5 unspecified atom stereocenters. The molecule has 3 fully saturated rings. The Kier molecular flexibility index (Phi) is 4.71. The van der Waals surface area contributed by atoms with E-state index in [2.05, 4.69) is 0 Å². The molecule has 24 heavy (non-hydrogen) atoms. The highest BCUT2D eigenvalue weighted by molar-refractivity contribution is 8.13. The Hall–Kier alpha value is -0.345. The molecule has 3 aliphatic rings. The first-order chi connectivity index (χ1) is 11.0. The van der Waals surface area contributed by atoms with Crippen molar-refractivity contribution < 1.29 is 35.5 Å². The monoisotopic (exact) mass is 372 g/mol. The molecule has 1 aliphatic heterocycles. The summed E-state index contributed by atoms with van der Waals surface area (Å²) in [5, 5.41) is -5.04. The van der Waals surface area contributed by atoms with E-state index in [0.717, 1.165) is 19.3 Å². The van der Waals surface area contributed by atoms with E-state index in [-0.39, 0.29) is 38.3 Å². The van der Waals surface area contributed by atoms with Gasteiger partial charge in [-0.1, -0.05) is 0 Å². The van der Waals surface area contributed by atoms with E-state index in [1.165, 1.54) is 0 Å². The summed E-state index contributed by atoms with van der Waals surface area (Å²) in [6.07, 6.45) is 2.57. The second-order valence-corrected chi connectivity index (χ2v) is 9.27. The summed E-state index contributed by atoms with van der Waals surface area (Å²) in [6.45, 7) is 0.604. The maximum absolute atomic E-state index is 14.3. The number of ether oxygens (including phenoxy) is 2. The number of rotatable bonds is 5. The summed E-state index contributed by atoms with van der Waals surface area (Å²) in [4.78, 5) is 0. The van der Waals surface area contributed by atoms with E-state index in [1.807, 2.05) is 0 Å². The lowest BCUT2D eigenvalue weighted by Gasteiger charge is -2.37. The third-order valence-electron chi connectivity index (χ3n) is 5.58. The van der Waals surface area contributed by atoms with Crippen LogP contribution in [0.4, 0.5) is 17.6 Å². The minimum Gasteiger partial charge on any atom is -0.353 e. The van der Waals surface area contributed by atoms with Gasteiger partial charge in [-0.3, -0.25) is 0 Å². The topological polar surface area (TPSA) is 52.6 Å². The molecule has 2 bridgehead atoms. The van der Waals surface area contributed by atoms with E-state index < -0.39 is 32.7 Å². The van der Waals surface area contributed by atoms with E-state index >= 15 is 0 Å². The number of hydrogen-bond acceptors (Lipinski definition) is 4. The van der Waals surface area contributed by atoms with Crippen LogP contribution in [0.3, 0.4) is 0 Å². The van der Waals surface area contributed by atoms with E-state index in [4.69, 9.17) is 9.47 Å². The molecule has 0 amide bonds. The van der Waals surface area contributed by atoms with Gasteiger partial charge in [-0.15, -0.1) is 0 Å². The molecular formula is C14H21BF4O4S. The summed E-state index contributed by atoms with van der Waals surface area (Å²) in [7, 11) is -5.03. The fraction of sp³-hybridized carbons (Fsp3) is 1.00. The molecule has 4 nitrogen and oxygen atoms in total. The third kappa shape index (κ3) is 2.98. The van der Waals surface area contributed by atoms with Crippen molar-refractivity contribution in [3.05, 3.63) is 0 Å². The van der Waals surface area contributed by atoms with Gasteiger partial charge in [0, 0.05) is 12.5 Å². The van der Waals surface area contributed by atoms with Gasteiger partial charge >= 0.3 is 11.2 Å². The summed E-state index contributed by atoms with van der Waals surface area (Å²) in [5.41, 5.74) is 0. The van der Waals surface area contributed by atoms with Crippen molar-refractivity contribution in [2.24, 2.45) is 17.8 Å². The molecule has 0 aromatic rings. The Labute approximate surface area is 139 Å². The zero-order chi connectivity index (χ0) is 17.8. The van der Waals surface area contributed by atoms with Crippen molar-refractivity contribution in [1.29, 1.82) is 0 Å². The van der Waals surface area contributed by atoms with Crippen molar-refractivity contribution in [1.82, 2.24) is 0 Å². The Morgan fingerprint density at radius 2 is 1.75 bits per heavy atom. The highest BCUT2D eigenvalue weighted by Crippen LogP contribution is 2.58. The maximum atomic E-state index is 14.3. The van der Waals surface area contributed by atoms with Gasteiger partial charge in [-0.25, -0.2) is 8.42 Å². The third-order valence-corrected chi connectivity index (χ3v) is 6.78. The zero-order valence-electron chi connectivity index (χ0n) is 13.4. The number of fused-ring (bicyclic) bond motifs is 2. The summed E-state index contributed by atoms with van der Waals surface area (Å²) in [5.74, 6) is -7.08. The maximum Gasteiger partial charge on any atom is 0.396 e. The fourth-order valence-electron chi connectivity index (χ4n) is 4.31. The summed E-state index contributed by atoms with van der Waals surface area (Å²) >= 11 is 0. The molecule has 0 N–H and O–H groups in total. The lowest BCUT2D eigenvalue weighted by Crippen LogP contribution is -2.53. The average Bonchev–Trinajstić information content (AvgIpc) is 3.07. The van der Waals surface area contributed by atoms with Crippen LogP contribution in [0.2, 0.25) is 0 Å². The second-order valence-electron chi connectivity index (χ2n) is 7.22. The average molecular weight is 372 g/mol. The highest BCUT2D eigenvalue weighted by atomic mass is 32.2. The van der Waals surface area contributed by atoms with Crippen molar-refractivity contribution in [2.45, 2.75) is 62.1 Å². The van der Waals surface area contributed by atoms with Crippen LogP contribution < -0.4 is 0 Å². The Bertz CT molecular complexity index is 579. The Morgan fingerprint density at radius 1 is 1.04 bits per heavy atom. The van der Waals surface area contributed by atoms with Crippen LogP contribution >= 0.6 is 0 Å². The summed E-state index contributed by atoms with van der Waals surface area (Å²) in [6, 6.07) is 0. The van der Waals surface area contributed by atoms with Gasteiger partial charge in [0.05, 0.1) is 6.10 Å². The van der Waals surface area contributed by atoms with Gasteiger partial charge in [0.25, 0.3) is 7.12 Å². The predicted molar refractivity (Wildman–Crippen MR) is 80.1 cm³/mol. The molecule has 3 rings (SSSR count). The quantitative estimate of drug-likeness (QED) is 0.548. The predicted octanol–water partition coefficient (Wildman–Crippen LogP) is 2.14. The molecule has 0 aromatic carbocycles. The van der Waals surface area contributed by atoms with Crippen LogP contribution in [-0.2, 0) is 19.2 Å². The van der Waals surface area contributed by atoms with Gasteiger partial charge in [0.15, 0.2) is 16.0 Å². The summed E-state index contributed by atoms with van der Waals surface area (Å²) < 4.78 is 89.6. The highest BCUT2D eigenvalue weighted by Gasteiger charge is 2.70. The van der Waals surface area contributed by atoms with E-state index in [9.17, 15) is 26.0 Å². The second kappa shape index (κ2) is 6.12. The lowest BCUT2D eigenvalue weighted by molar-refractivity contribution is -0.220. The molecule has 0 aromatic heterocycles. The van der Waals surface area contributed by atoms with Crippen molar-refractivity contribution in [3.8, 4) is 0 Å². The van der Waals surface area contributed by atoms with Gasteiger partial charge in [0.1, 0.15) is 0 Å². The molecule has 2 aliphatic carbocycles. The normalized spacial score (nSPS) is 37.8. The molecule has 10 heteroatoms. The first-order valence-corrected chi connectivity index (χ1v) is 10.2. The fourth-order valence-corrected chi connectivity index (χ4v) is 4.96. The number of alkyl halides is 4. The standard InChI is InChI=1S/C14H21BF4O4S/c15-24(20,21)14(18,19)13(16,17)10-6-9-5-8(10)7-11(9)23-12-3-1-2-4-22-12/h8-12H,1-7,15H2. The zero-order valence-corrected chi connectivity index (χ0v) is 14.2. The molecule has 1 saturated heterocycles. The van der Waals surface area contributed by atoms with Crippen LogP contribution in [0.25, 0.3) is 0 Å². The van der Waals surface area contributed by atoms with Crippen molar-refractivity contribution in [2.75, 3.05) is 6.61 Å². The van der Waals surface area contributed by atoms with Gasteiger partial charge in [0.2, 0.25) is 0 Å². The van der Waals surface area contributed by atoms with E-state index in [0.29, 0.717) is 13.0 Å². The molecule has 5 atom stereocenters. The molecule has 0 radical (unpaired) electrons.